The molecule has 0 unspecified atom stereocenters. The van der Waals surface area contributed by atoms with Crippen LogP contribution in [0.3, 0.4) is 0 Å². The number of amides is 1. The Balaban J connectivity index is 1.66. The monoisotopic (exact) mass is 414 g/mol. The number of piperidine rings is 1. The average molecular weight is 415 g/mol. The predicted octanol–water partition coefficient (Wildman–Crippen LogP) is 3.63. The lowest BCUT2D eigenvalue weighted by Gasteiger charge is -2.26. The van der Waals surface area contributed by atoms with Crippen LogP contribution in [0, 0.1) is 0 Å². The van der Waals surface area contributed by atoms with Gasteiger partial charge >= 0.3 is 0 Å². The van der Waals surface area contributed by atoms with Gasteiger partial charge in [0, 0.05) is 36.3 Å². The SMILES string of the molecule is O=C(c1nnn(-c2ccc(Cl)cc2)c1CSc1ncccn1)N1CCCCC1. The van der Waals surface area contributed by atoms with E-state index in [1.54, 1.807) is 35.3 Å². The summed E-state index contributed by atoms with van der Waals surface area (Å²) in [5.74, 6) is 0.415. The third-order valence-corrected chi connectivity index (χ3v) is 5.70. The zero-order valence-corrected chi connectivity index (χ0v) is 16.7. The Labute approximate surface area is 172 Å². The number of benzene rings is 1. The fourth-order valence-corrected chi connectivity index (χ4v) is 4.05. The van der Waals surface area contributed by atoms with E-state index in [1.807, 2.05) is 17.0 Å². The van der Waals surface area contributed by atoms with Gasteiger partial charge in [-0.2, -0.15) is 0 Å². The first-order chi connectivity index (χ1) is 13.7. The summed E-state index contributed by atoms with van der Waals surface area (Å²) in [6.45, 7) is 1.53. The minimum Gasteiger partial charge on any atom is -0.337 e. The number of rotatable bonds is 5. The van der Waals surface area contributed by atoms with E-state index in [2.05, 4.69) is 20.3 Å². The third kappa shape index (κ3) is 4.18. The zero-order valence-electron chi connectivity index (χ0n) is 15.2. The first kappa shape index (κ1) is 18.9. The molecule has 1 amide bonds. The Kier molecular flexibility index (Phi) is 5.87. The molecule has 0 aliphatic carbocycles. The molecule has 1 aliphatic rings. The molecule has 1 aliphatic heterocycles. The van der Waals surface area contributed by atoms with Gasteiger partial charge in [-0.05, 0) is 49.6 Å². The lowest BCUT2D eigenvalue weighted by molar-refractivity contribution is 0.0717. The van der Waals surface area contributed by atoms with Crippen molar-refractivity contribution >= 4 is 29.3 Å². The lowest BCUT2D eigenvalue weighted by atomic mass is 10.1. The molecule has 3 heterocycles. The van der Waals surface area contributed by atoms with Gasteiger partial charge in [0.2, 0.25) is 0 Å². The van der Waals surface area contributed by atoms with E-state index in [-0.39, 0.29) is 5.91 Å². The molecule has 0 bridgehead atoms. The number of thioether (sulfide) groups is 1. The molecule has 9 heteroatoms. The van der Waals surface area contributed by atoms with Gasteiger partial charge in [-0.3, -0.25) is 4.79 Å². The first-order valence-corrected chi connectivity index (χ1v) is 10.5. The highest BCUT2D eigenvalue weighted by Gasteiger charge is 2.26. The Morgan fingerprint density at radius 2 is 1.79 bits per heavy atom. The van der Waals surface area contributed by atoms with Crippen LogP contribution in [-0.4, -0.2) is 48.9 Å². The van der Waals surface area contributed by atoms with Crippen molar-refractivity contribution in [3.63, 3.8) is 0 Å². The molecule has 0 saturated carbocycles. The fraction of sp³-hybridized carbons (Fsp3) is 0.316. The normalized spacial score (nSPS) is 14.2. The number of carbonyl (C=O) groups excluding carboxylic acids is 1. The summed E-state index contributed by atoms with van der Waals surface area (Å²) in [6, 6.07) is 9.08. The van der Waals surface area contributed by atoms with Crippen molar-refractivity contribution in [1.82, 2.24) is 29.9 Å². The Bertz CT molecular complexity index is 941. The summed E-state index contributed by atoms with van der Waals surface area (Å²) in [5.41, 5.74) is 1.93. The van der Waals surface area contributed by atoms with Crippen molar-refractivity contribution in [2.24, 2.45) is 0 Å². The number of nitrogens with zero attached hydrogens (tertiary/aromatic N) is 6. The van der Waals surface area contributed by atoms with E-state index in [9.17, 15) is 4.79 Å². The number of likely N-dealkylation sites (tertiary alicyclic amines) is 1. The van der Waals surface area contributed by atoms with Crippen LogP contribution in [0.1, 0.15) is 35.4 Å². The Hall–Kier alpha value is -2.45. The second-order valence-electron chi connectivity index (χ2n) is 6.45. The lowest BCUT2D eigenvalue weighted by Crippen LogP contribution is -2.36. The summed E-state index contributed by atoms with van der Waals surface area (Å²) in [6.07, 6.45) is 6.61. The topological polar surface area (TPSA) is 76.8 Å². The number of halogens is 1. The van der Waals surface area contributed by atoms with E-state index in [4.69, 9.17) is 11.6 Å². The van der Waals surface area contributed by atoms with Gasteiger partial charge in [0.1, 0.15) is 0 Å². The van der Waals surface area contributed by atoms with E-state index in [1.165, 1.54) is 11.8 Å². The highest BCUT2D eigenvalue weighted by atomic mass is 35.5. The molecule has 1 aromatic carbocycles. The van der Waals surface area contributed by atoms with E-state index >= 15 is 0 Å². The van der Waals surface area contributed by atoms with Crippen LogP contribution < -0.4 is 0 Å². The molecule has 0 spiro atoms. The van der Waals surface area contributed by atoms with Gasteiger partial charge in [-0.1, -0.05) is 28.6 Å². The van der Waals surface area contributed by atoms with Gasteiger partial charge in [-0.25, -0.2) is 14.6 Å². The second-order valence-corrected chi connectivity index (χ2v) is 7.82. The van der Waals surface area contributed by atoms with Gasteiger partial charge in [0.15, 0.2) is 10.9 Å². The highest BCUT2D eigenvalue weighted by Crippen LogP contribution is 2.25. The number of hydrogen-bond donors (Lipinski definition) is 0. The van der Waals surface area contributed by atoms with E-state index < -0.39 is 0 Å². The molecule has 144 valence electrons. The van der Waals surface area contributed by atoms with Crippen LogP contribution in [0.2, 0.25) is 5.02 Å². The van der Waals surface area contributed by atoms with Gasteiger partial charge in [-0.15, -0.1) is 5.10 Å². The van der Waals surface area contributed by atoms with Crippen LogP contribution in [0.25, 0.3) is 5.69 Å². The second kappa shape index (κ2) is 8.70. The molecule has 1 saturated heterocycles. The van der Waals surface area contributed by atoms with E-state index in [0.29, 0.717) is 21.6 Å². The minimum absolute atomic E-state index is 0.0653. The van der Waals surface area contributed by atoms with Crippen LogP contribution in [-0.2, 0) is 5.75 Å². The largest absolute Gasteiger partial charge is 0.337 e. The van der Waals surface area contributed by atoms with Crippen molar-refractivity contribution in [3.05, 3.63) is 59.1 Å². The van der Waals surface area contributed by atoms with Crippen molar-refractivity contribution in [1.29, 1.82) is 0 Å². The summed E-state index contributed by atoms with van der Waals surface area (Å²) >= 11 is 7.46. The van der Waals surface area contributed by atoms with Crippen molar-refractivity contribution < 1.29 is 4.79 Å². The van der Waals surface area contributed by atoms with Gasteiger partial charge in [0.05, 0.1) is 11.4 Å². The molecule has 0 N–H and O–H groups in total. The summed E-state index contributed by atoms with van der Waals surface area (Å²) in [4.78, 5) is 23.4. The predicted molar refractivity (Wildman–Crippen MR) is 108 cm³/mol. The average Bonchev–Trinajstić information content (AvgIpc) is 3.17. The fourth-order valence-electron chi connectivity index (χ4n) is 3.13. The van der Waals surface area contributed by atoms with Crippen molar-refractivity contribution in [2.45, 2.75) is 30.2 Å². The third-order valence-electron chi connectivity index (χ3n) is 4.56. The highest BCUT2D eigenvalue weighted by molar-refractivity contribution is 7.98. The molecule has 2 aromatic heterocycles. The van der Waals surface area contributed by atoms with Crippen LogP contribution in [0.4, 0.5) is 0 Å². The maximum Gasteiger partial charge on any atom is 0.276 e. The number of carbonyl (C=O) groups is 1. The molecule has 0 radical (unpaired) electrons. The molecular weight excluding hydrogens is 396 g/mol. The number of hydrogen-bond acceptors (Lipinski definition) is 6. The quantitative estimate of drug-likeness (QED) is 0.468. The van der Waals surface area contributed by atoms with Crippen molar-refractivity contribution in [3.8, 4) is 5.69 Å². The Morgan fingerprint density at radius 1 is 1.07 bits per heavy atom. The standard InChI is InChI=1S/C19H19ClN6OS/c20-14-5-7-15(8-6-14)26-16(13-28-19-21-9-4-10-22-19)17(23-24-26)18(27)25-11-2-1-3-12-25/h4-10H,1-3,11-13H2. The maximum absolute atomic E-state index is 13.1. The molecule has 4 rings (SSSR count). The van der Waals surface area contributed by atoms with Crippen LogP contribution >= 0.6 is 23.4 Å². The molecule has 28 heavy (non-hydrogen) atoms. The first-order valence-electron chi connectivity index (χ1n) is 9.12. The Morgan fingerprint density at radius 3 is 2.50 bits per heavy atom. The molecule has 1 fully saturated rings. The number of aromatic nitrogens is 5. The van der Waals surface area contributed by atoms with E-state index in [0.717, 1.165) is 43.7 Å². The minimum atomic E-state index is -0.0653. The summed E-state index contributed by atoms with van der Waals surface area (Å²) in [5, 5.41) is 9.79. The van der Waals surface area contributed by atoms with Crippen LogP contribution in [0.5, 0.6) is 0 Å². The summed E-state index contributed by atoms with van der Waals surface area (Å²) in [7, 11) is 0. The van der Waals surface area contributed by atoms with Crippen LogP contribution in [0.15, 0.2) is 47.9 Å². The smallest absolute Gasteiger partial charge is 0.276 e. The molecule has 7 nitrogen and oxygen atoms in total. The van der Waals surface area contributed by atoms with Crippen molar-refractivity contribution in [2.75, 3.05) is 13.1 Å². The summed E-state index contributed by atoms with van der Waals surface area (Å²) < 4.78 is 1.70. The molecule has 3 aromatic rings. The molecule has 0 atom stereocenters. The molecular formula is C19H19ClN6OS. The zero-order chi connectivity index (χ0) is 19.3. The van der Waals surface area contributed by atoms with Gasteiger partial charge < -0.3 is 4.90 Å². The maximum atomic E-state index is 13.1. The van der Waals surface area contributed by atoms with Gasteiger partial charge in [0.25, 0.3) is 5.91 Å².